The molecule has 0 unspecified atom stereocenters. The van der Waals surface area contributed by atoms with Crippen LogP contribution in [0.2, 0.25) is 5.15 Å². The Labute approximate surface area is 127 Å². The van der Waals surface area contributed by atoms with E-state index in [4.69, 9.17) is 11.6 Å². The third-order valence-corrected chi connectivity index (χ3v) is 5.21. The lowest BCUT2D eigenvalue weighted by atomic mass is 9.95. The molecule has 1 saturated carbocycles. The second kappa shape index (κ2) is 5.08. The molecule has 1 fully saturated rings. The molecule has 1 aromatic heterocycles. The van der Waals surface area contributed by atoms with E-state index in [0.29, 0.717) is 10.7 Å². The maximum atomic E-state index is 9.17. The van der Waals surface area contributed by atoms with Crippen LogP contribution in [0.5, 0.6) is 0 Å². The van der Waals surface area contributed by atoms with Crippen LogP contribution >= 0.6 is 23.1 Å². The van der Waals surface area contributed by atoms with Gasteiger partial charge < -0.3 is 4.90 Å². The van der Waals surface area contributed by atoms with E-state index in [9.17, 15) is 5.26 Å². The van der Waals surface area contributed by atoms with Gasteiger partial charge in [-0.25, -0.2) is 0 Å². The van der Waals surface area contributed by atoms with E-state index in [1.165, 1.54) is 29.9 Å². The van der Waals surface area contributed by atoms with Crippen LogP contribution in [0.4, 0.5) is 5.00 Å². The van der Waals surface area contributed by atoms with Crippen LogP contribution in [0.25, 0.3) is 0 Å². The molecule has 102 valence electrons. The van der Waals surface area contributed by atoms with Crippen LogP contribution in [0.15, 0.2) is 30.3 Å². The minimum atomic E-state index is 0.221. The van der Waals surface area contributed by atoms with Gasteiger partial charge in [-0.05, 0) is 29.9 Å². The Morgan fingerprint density at radius 2 is 2.10 bits per heavy atom. The van der Waals surface area contributed by atoms with Gasteiger partial charge in [0.15, 0.2) is 5.15 Å². The van der Waals surface area contributed by atoms with Crippen molar-refractivity contribution in [3.05, 3.63) is 46.6 Å². The molecule has 20 heavy (non-hydrogen) atoms. The van der Waals surface area contributed by atoms with E-state index in [1.54, 1.807) is 0 Å². The second-order valence-corrected chi connectivity index (χ2v) is 6.38. The highest BCUT2D eigenvalue weighted by Crippen LogP contribution is 2.49. The summed E-state index contributed by atoms with van der Waals surface area (Å²) < 4.78 is 4.07. The molecule has 3 rings (SSSR count). The summed E-state index contributed by atoms with van der Waals surface area (Å²) >= 11 is 7.24. The third kappa shape index (κ3) is 2.28. The first-order valence-electron chi connectivity index (χ1n) is 6.48. The Hall–Kier alpha value is -1.57. The lowest BCUT2D eigenvalue weighted by Gasteiger charge is -2.24. The maximum absolute atomic E-state index is 9.17. The van der Waals surface area contributed by atoms with Crippen molar-refractivity contribution in [3.8, 4) is 6.07 Å². The summed E-state index contributed by atoms with van der Waals surface area (Å²) in [5, 5.41) is 10.3. The molecule has 0 atom stereocenters. The molecule has 0 amide bonds. The summed E-state index contributed by atoms with van der Waals surface area (Å²) in [6.45, 7) is 0.893. The summed E-state index contributed by atoms with van der Waals surface area (Å²) in [7, 11) is 2.01. The van der Waals surface area contributed by atoms with E-state index in [2.05, 4.69) is 39.6 Å². The van der Waals surface area contributed by atoms with E-state index in [0.717, 1.165) is 11.5 Å². The van der Waals surface area contributed by atoms with Crippen molar-refractivity contribution in [2.75, 3.05) is 18.5 Å². The second-order valence-electron chi connectivity index (χ2n) is 5.27. The first kappa shape index (κ1) is 13.4. The Balaban J connectivity index is 1.83. The summed E-state index contributed by atoms with van der Waals surface area (Å²) in [6, 6.07) is 12.7. The number of likely N-dealkylation sites (N-methyl/N-ethyl adjacent to an activating group) is 1. The highest BCUT2D eigenvalue weighted by molar-refractivity contribution is 7.10. The van der Waals surface area contributed by atoms with Gasteiger partial charge in [-0.1, -0.05) is 41.9 Å². The molecule has 0 bridgehead atoms. The molecule has 2 aromatic rings. The Bertz CT molecular complexity index is 656. The average molecular weight is 304 g/mol. The van der Waals surface area contributed by atoms with E-state index in [1.807, 2.05) is 13.1 Å². The summed E-state index contributed by atoms with van der Waals surface area (Å²) in [5.74, 6) is 0. The van der Waals surface area contributed by atoms with Crippen molar-refractivity contribution in [1.29, 1.82) is 5.26 Å². The monoisotopic (exact) mass is 303 g/mol. The zero-order valence-electron chi connectivity index (χ0n) is 11.1. The summed E-state index contributed by atoms with van der Waals surface area (Å²) in [5.41, 5.74) is 2.09. The average Bonchev–Trinajstić information content (AvgIpc) is 3.15. The lowest BCUT2D eigenvalue weighted by molar-refractivity contribution is 0.676. The van der Waals surface area contributed by atoms with Crippen molar-refractivity contribution in [1.82, 2.24) is 4.37 Å². The number of halogens is 1. The minimum absolute atomic E-state index is 0.221. The number of hydrogen-bond acceptors (Lipinski definition) is 4. The molecule has 5 heteroatoms. The number of rotatable bonds is 4. The van der Waals surface area contributed by atoms with Crippen molar-refractivity contribution in [2.24, 2.45) is 0 Å². The molecule has 0 N–H and O–H groups in total. The molecular weight excluding hydrogens is 290 g/mol. The van der Waals surface area contributed by atoms with E-state index < -0.39 is 0 Å². The summed E-state index contributed by atoms with van der Waals surface area (Å²) in [4.78, 5) is 2.11. The summed E-state index contributed by atoms with van der Waals surface area (Å²) in [6.07, 6.45) is 2.38. The van der Waals surface area contributed by atoms with Gasteiger partial charge in [0.1, 0.15) is 16.6 Å². The fraction of sp³-hybridized carbons (Fsp3) is 0.333. The fourth-order valence-electron chi connectivity index (χ4n) is 2.62. The third-order valence-electron chi connectivity index (χ3n) is 3.87. The van der Waals surface area contributed by atoms with Gasteiger partial charge in [0, 0.05) is 19.0 Å². The number of anilines is 1. The molecule has 0 spiro atoms. The van der Waals surface area contributed by atoms with Gasteiger partial charge in [-0.15, -0.1) is 0 Å². The van der Waals surface area contributed by atoms with Crippen LogP contribution in [0, 0.1) is 11.3 Å². The van der Waals surface area contributed by atoms with E-state index >= 15 is 0 Å². The maximum Gasteiger partial charge on any atom is 0.162 e. The largest absolute Gasteiger partial charge is 0.363 e. The molecule has 1 aromatic carbocycles. The lowest BCUT2D eigenvalue weighted by Crippen LogP contribution is -2.29. The van der Waals surface area contributed by atoms with Crippen molar-refractivity contribution >= 4 is 28.1 Å². The Morgan fingerprint density at radius 1 is 1.40 bits per heavy atom. The number of benzene rings is 1. The molecule has 1 aliphatic rings. The van der Waals surface area contributed by atoms with Crippen LogP contribution < -0.4 is 4.90 Å². The SMILES string of the molecule is CN(CC1(c2ccccc2)CC1)c1snc(Cl)c1C#N. The first-order valence-corrected chi connectivity index (χ1v) is 7.63. The molecule has 1 heterocycles. The molecule has 3 nitrogen and oxygen atoms in total. The molecule has 0 radical (unpaired) electrons. The number of nitrogens with zero attached hydrogens (tertiary/aromatic N) is 3. The van der Waals surface area contributed by atoms with Crippen LogP contribution in [0.3, 0.4) is 0 Å². The van der Waals surface area contributed by atoms with Gasteiger partial charge in [0.25, 0.3) is 0 Å². The van der Waals surface area contributed by atoms with Gasteiger partial charge in [0.2, 0.25) is 0 Å². The number of aromatic nitrogens is 1. The van der Waals surface area contributed by atoms with Crippen LogP contribution in [-0.2, 0) is 5.41 Å². The predicted molar refractivity (Wildman–Crippen MR) is 82.5 cm³/mol. The Kier molecular flexibility index (Phi) is 3.41. The van der Waals surface area contributed by atoms with Crippen LogP contribution in [0.1, 0.15) is 24.0 Å². The Morgan fingerprint density at radius 3 is 2.70 bits per heavy atom. The zero-order valence-corrected chi connectivity index (χ0v) is 12.7. The molecule has 0 aliphatic heterocycles. The highest BCUT2D eigenvalue weighted by atomic mass is 35.5. The standard InChI is InChI=1S/C15H14ClN3S/c1-19(14-12(9-17)13(16)18-20-14)10-15(7-8-15)11-5-3-2-4-6-11/h2-6H,7-8,10H2,1H3. The molecule has 0 saturated heterocycles. The quantitative estimate of drug-likeness (QED) is 0.861. The van der Waals surface area contributed by atoms with Gasteiger partial charge >= 0.3 is 0 Å². The van der Waals surface area contributed by atoms with Gasteiger partial charge in [-0.2, -0.15) is 9.64 Å². The normalized spacial score (nSPS) is 15.7. The van der Waals surface area contributed by atoms with Crippen LogP contribution in [-0.4, -0.2) is 18.0 Å². The molecule has 1 aliphatic carbocycles. The first-order chi connectivity index (χ1) is 9.66. The van der Waals surface area contributed by atoms with E-state index in [-0.39, 0.29) is 5.41 Å². The minimum Gasteiger partial charge on any atom is -0.363 e. The van der Waals surface area contributed by atoms with Crippen molar-refractivity contribution in [3.63, 3.8) is 0 Å². The number of hydrogen-bond donors (Lipinski definition) is 0. The topological polar surface area (TPSA) is 39.9 Å². The van der Waals surface area contributed by atoms with Gasteiger partial charge in [0.05, 0.1) is 0 Å². The zero-order chi connectivity index (χ0) is 14.2. The fourth-order valence-corrected chi connectivity index (χ4v) is 3.61. The van der Waals surface area contributed by atoms with Crippen molar-refractivity contribution in [2.45, 2.75) is 18.3 Å². The molecular formula is C15H14ClN3S. The van der Waals surface area contributed by atoms with Crippen molar-refractivity contribution < 1.29 is 0 Å². The van der Waals surface area contributed by atoms with Gasteiger partial charge in [-0.3, -0.25) is 0 Å². The smallest absolute Gasteiger partial charge is 0.162 e. The highest BCUT2D eigenvalue weighted by Gasteiger charge is 2.45. The number of nitriles is 1. The predicted octanol–water partition coefficient (Wildman–Crippen LogP) is 3.84.